The average Bonchev–Trinajstić information content (AvgIpc) is 3.20. The molecule has 1 heterocycles. The standard InChI is InChI=1S/C15H28N2O2/c1-3-4-7-17-10-12(9-15(18)19-2)8-14(11-17)16-13-5-6-13/h12-14,16H,3-11H2,1-2H3. The smallest absolute Gasteiger partial charge is 0.305 e. The molecule has 110 valence electrons. The third-order valence-corrected chi connectivity index (χ3v) is 4.17. The third kappa shape index (κ3) is 5.11. The van der Waals surface area contributed by atoms with Crippen molar-refractivity contribution in [3.8, 4) is 0 Å². The highest BCUT2D eigenvalue weighted by molar-refractivity contribution is 5.69. The van der Waals surface area contributed by atoms with E-state index in [2.05, 4.69) is 17.1 Å². The van der Waals surface area contributed by atoms with E-state index in [-0.39, 0.29) is 5.97 Å². The minimum atomic E-state index is -0.0625. The van der Waals surface area contributed by atoms with Crippen LogP contribution in [-0.2, 0) is 9.53 Å². The highest BCUT2D eigenvalue weighted by atomic mass is 16.5. The number of carbonyl (C=O) groups excluding carboxylic acids is 1. The highest BCUT2D eigenvalue weighted by Gasteiger charge is 2.32. The van der Waals surface area contributed by atoms with Crippen LogP contribution < -0.4 is 5.32 Å². The minimum absolute atomic E-state index is 0.0625. The molecule has 0 aromatic carbocycles. The van der Waals surface area contributed by atoms with Crippen molar-refractivity contribution in [2.75, 3.05) is 26.7 Å². The summed E-state index contributed by atoms with van der Waals surface area (Å²) >= 11 is 0. The molecule has 0 bridgehead atoms. The summed E-state index contributed by atoms with van der Waals surface area (Å²) in [4.78, 5) is 14.0. The second-order valence-electron chi connectivity index (χ2n) is 6.13. The molecule has 1 aliphatic heterocycles. The first-order chi connectivity index (χ1) is 9.21. The summed E-state index contributed by atoms with van der Waals surface area (Å²) in [6.45, 7) is 5.60. The van der Waals surface area contributed by atoms with Gasteiger partial charge >= 0.3 is 5.97 Å². The molecule has 2 atom stereocenters. The molecule has 0 spiro atoms. The van der Waals surface area contributed by atoms with Crippen LogP contribution in [0, 0.1) is 5.92 Å². The summed E-state index contributed by atoms with van der Waals surface area (Å²) in [5.74, 6) is 0.391. The van der Waals surface area contributed by atoms with Crippen LogP contribution in [0.2, 0.25) is 0 Å². The molecular weight excluding hydrogens is 240 g/mol. The van der Waals surface area contributed by atoms with Crippen molar-refractivity contribution >= 4 is 5.97 Å². The number of ether oxygens (including phenoxy) is 1. The number of piperidine rings is 1. The second kappa shape index (κ2) is 7.25. The van der Waals surface area contributed by atoms with Crippen molar-refractivity contribution in [3.63, 3.8) is 0 Å². The molecule has 1 N–H and O–H groups in total. The predicted octanol–water partition coefficient (Wildman–Crippen LogP) is 1.79. The Bertz CT molecular complexity index is 292. The van der Waals surface area contributed by atoms with E-state index < -0.39 is 0 Å². The number of hydrogen-bond donors (Lipinski definition) is 1. The van der Waals surface area contributed by atoms with Gasteiger partial charge in [-0.2, -0.15) is 0 Å². The van der Waals surface area contributed by atoms with Gasteiger partial charge < -0.3 is 15.0 Å². The molecule has 2 fully saturated rings. The lowest BCUT2D eigenvalue weighted by Crippen LogP contribution is -2.50. The molecule has 1 saturated heterocycles. The number of likely N-dealkylation sites (tertiary alicyclic amines) is 1. The van der Waals surface area contributed by atoms with E-state index in [1.165, 1.54) is 32.8 Å². The number of unbranched alkanes of at least 4 members (excludes halogenated alkanes) is 1. The van der Waals surface area contributed by atoms with Gasteiger partial charge in [0.25, 0.3) is 0 Å². The predicted molar refractivity (Wildman–Crippen MR) is 76.0 cm³/mol. The third-order valence-electron chi connectivity index (χ3n) is 4.17. The summed E-state index contributed by atoms with van der Waals surface area (Å²) in [5.41, 5.74) is 0. The van der Waals surface area contributed by atoms with Crippen LogP contribution in [0.4, 0.5) is 0 Å². The van der Waals surface area contributed by atoms with Gasteiger partial charge in [-0.15, -0.1) is 0 Å². The van der Waals surface area contributed by atoms with E-state index >= 15 is 0 Å². The maximum atomic E-state index is 11.5. The van der Waals surface area contributed by atoms with Crippen molar-refractivity contribution in [2.24, 2.45) is 5.92 Å². The summed E-state index contributed by atoms with van der Waals surface area (Å²) in [6.07, 6.45) is 6.83. The number of hydrogen-bond acceptors (Lipinski definition) is 4. The SMILES string of the molecule is CCCCN1CC(CC(=O)OC)CC(NC2CC2)C1. The molecule has 0 aromatic rings. The zero-order valence-corrected chi connectivity index (χ0v) is 12.4. The van der Waals surface area contributed by atoms with Crippen LogP contribution in [0.15, 0.2) is 0 Å². The topological polar surface area (TPSA) is 41.6 Å². The first kappa shape index (κ1) is 14.8. The molecule has 2 aliphatic rings. The van der Waals surface area contributed by atoms with Crippen LogP contribution in [0.1, 0.15) is 45.4 Å². The van der Waals surface area contributed by atoms with Gasteiger partial charge in [0.2, 0.25) is 0 Å². The lowest BCUT2D eigenvalue weighted by atomic mass is 9.91. The number of nitrogens with zero attached hydrogens (tertiary/aromatic N) is 1. The van der Waals surface area contributed by atoms with Crippen molar-refractivity contribution in [1.29, 1.82) is 0 Å². The number of nitrogens with one attached hydrogen (secondary N) is 1. The molecule has 1 saturated carbocycles. The fourth-order valence-corrected chi connectivity index (χ4v) is 3.04. The van der Waals surface area contributed by atoms with Gasteiger partial charge in [0.15, 0.2) is 0 Å². The van der Waals surface area contributed by atoms with Crippen LogP contribution in [-0.4, -0.2) is 49.7 Å². The molecule has 0 aromatic heterocycles. The van der Waals surface area contributed by atoms with Crippen LogP contribution in [0.5, 0.6) is 0 Å². The van der Waals surface area contributed by atoms with Crippen LogP contribution in [0.3, 0.4) is 0 Å². The van der Waals surface area contributed by atoms with E-state index in [1.54, 1.807) is 0 Å². The van der Waals surface area contributed by atoms with E-state index in [4.69, 9.17) is 4.74 Å². The van der Waals surface area contributed by atoms with Gasteiger partial charge in [-0.1, -0.05) is 13.3 Å². The van der Waals surface area contributed by atoms with E-state index in [1.807, 2.05) is 0 Å². The molecule has 0 radical (unpaired) electrons. The summed E-state index contributed by atoms with van der Waals surface area (Å²) in [5, 5.41) is 3.73. The summed E-state index contributed by atoms with van der Waals surface area (Å²) in [7, 11) is 1.49. The molecular formula is C15H28N2O2. The normalized spacial score (nSPS) is 28.3. The van der Waals surface area contributed by atoms with Crippen molar-refractivity contribution in [3.05, 3.63) is 0 Å². The minimum Gasteiger partial charge on any atom is -0.469 e. The Morgan fingerprint density at radius 2 is 2.11 bits per heavy atom. The highest BCUT2D eigenvalue weighted by Crippen LogP contribution is 2.25. The Kier molecular flexibility index (Phi) is 5.64. The first-order valence-electron chi connectivity index (χ1n) is 7.76. The number of carbonyl (C=O) groups is 1. The number of esters is 1. The zero-order valence-electron chi connectivity index (χ0n) is 12.4. The average molecular weight is 268 g/mol. The van der Waals surface area contributed by atoms with Crippen molar-refractivity contribution < 1.29 is 9.53 Å². The number of methoxy groups -OCH3 is 1. The molecule has 1 aliphatic carbocycles. The first-order valence-corrected chi connectivity index (χ1v) is 7.76. The number of rotatable bonds is 7. The Hall–Kier alpha value is -0.610. The lowest BCUT2D eigenvalue weighted by molar-refractivity contribution is -0.142. The fourth-order valence-electron chi connectivity index (χ4n) is 3.04. The van der Waals surface area contributed by atoms with Gasteiger partial charge in [-0.25, -0.2) is 0 Å². The van der Waals surface area contributed by atoms with Gasteiger partial charge in [0.05, 0.1) is 7.11 Å². The summed E-state index contributed by atoms with van der Waals surface area (Å²) in [6, 6.07) is 1.31. The summed E-state index contributed by atoms with van der Waals surface area (Å²) < 4.78 is 4.82. The van der Waals surface area contributed by atoms with Gasteiger partial charge in [0, 0.05) is 31.6 Å². The van der Waals surface area contributed by atoms with E-state index in [0.717, 1.165) is 32.1 Å². The molecule has 2 unspecified atom stereocenters. The maximum absolute atomic E-state index is 11.5. The van der Waals surface area contributed by atoms with Crippen LogP contribution in [0.25, 0.3) is 0 Å². The van der Waals surface area contributed by atoms with E-state index in [0.29, 0.717) is 18.4 Å². The van der Waals surface area contributed by atoms with Crippen LogP contribution >= 0.6 is 0 Å². The quantitative estimate of drug-likeness (QED) is 0.715. The Balaban J connectivity index is 1.84. The van der Waals surface area contributed by atoms with E-state index in [9.17, 15) is 4.79 Å². The molecule has 4 heteroatoms. The van der Waals surface area contributed by atoms with Crippen molar-refractivity contribution in [2.45, 2.75) is 57.5 Å². The van der Waals surface area contributed by atoms with Gasteiger partial charge in [0.1, 0.15) is 0 Å². The monoisotopic (exact) mass is 268 g/mol. The molecule has 0 amide bonds. The Morgan fingerprint density at radius 3 is 2.74 bits per heavy atom. The largest absolute Gasteiger partial charge is 0.469 e. The molecule has 2 rings (SSSR count). The van der Waals surface area contributed by atoms with Crippen molar-refractivity contribution in [1.82, 2.24) is 10.2 Å². The Morgan fingerprint density at radius 1 is 1.32 bits per heavy atom. The fraction of sp³-hybridized carbons (Fsp3) is 0.933. The van der Waals surface area contributed by atoms with Gasteiger partial charge in [-0.3, -0.25) is 4.79 Å². The maximum Gasteiger partial charge on any atom is 0.305 e. The lowest BCUT2D eigenvalue weighted by Gasteiger charge is -2.38. The van der Waals surface area contributed by atoms with Gasteiger partial charge in [-0.05, 0) is 38.1 Å². The second-order valence-corrected chi connectivity index (χ2v) is 6.13. The molecule has 4 nitrogen and oxygen atoms in total. The zero-order chi connectivity index (χ0) is 13.7. The molecule has 19 heavy (non-hydrogen) atoms. The Labute approximate surface area is 116 Å².